The van der Waals surface area contributed by atoms with Crippen molar-refractivity contribution in [3.8, 4) is 0 Å². The molecule has 0 aromatic heterocycles. The Balaban J connectivity index is 1.73. The van der Waals surface area contributed by atoms with Gasteiger partial charge in [-0.15, -0.1) is 0 Å². The zero-order valence-corrected chi connectivity index (χ0v) is 14.1. The van der Waals surface area contributed by atoms with Gasteiger partial charge in [-0.1, -0.05) is 45.1 Å². The van der Waals surface area contributed by atoms with Crippen LogP contribution >= 0.6 is 0 Å². The van der Waals surface area contributed by atoms with E-state index in [9.17, 15) is 10.2 Å². The Hall–Kier alpha value is -0.600. The molecule has 4 rings (SSSR count). The molecule has 4 aliphatic carbocycles. The molecule has 0 aromatic rings. The summed E-state index contributed by atoms with van der Waals surface area (Å²) in [5.41, 5.74) is 0.287. The van der Waals surface area contributed by atoms with Gasteiger partial charge in [0.1, 0.15) is 0 Å². The van der Waals surface area contributed by atoms with Gasteiger partial charge in [-0.25, -0.2) is 0 Å². The average molecular weight is 302 g/mol. The molecule has 0 bridgehead atoms. The Morgan fingerprint density at radius 2 is 1.82 bits per heavy atom. The summed E-state index contributed by atoms with van der Waals surface area (Å²) in [5.74, 6) is 3.19. The van der Waals surface area contributed by atoms with Crippen molar-refractivity contribution in [2.45, 2.75) is 58.7 Å². The average Bonchev–Trinajstić information content (AvgIpc) is 2.77. The minimum absolute atomic E-state index is 0.0521. The minimum Gasteiger partial charge on any atom is -0.389 e. The normalized spacial score (nSPS) is 59.8. The first-order valence-corrected chi connectivity index (χ1v) is 9.10. The van der Waals surface area contributed by atoms with Crippen LogP contribution in [-0.2, 0) is 0 Å². The van der Waals surface area contributed by atoms with Crippen LogP contribution in [0, 0.1) is 40.4 Å². The summed E-state index contributed by atoms with van der Waals surface area (Å²) in [4.78, 5) is 0. The summed E-state index contributed by atoms with van der Waals surface area (Å²) in [6.07, 6.45) is 12.7. The smallest absolute Gasteiger partial charge is 0.0780 e. The topological polar surface area (TPSA) is 40.5 Å². The summed E-state index contributed by atoms with van der Waals surface area (Å²) < 4.78 is 0. The van der Waals surface area contributed by atoms with Gasteiger partial charge in [-0.05, 0) is 60.7 Å². The highest BCUT2D eigenvalue weighted by atomic mass is 16.3. The molecule has 0 spiro atoms. The number of hydrogen-bond donors (Lipinski definition) is 2. The first-order chi connectivity index (χ1) is 10.4. The van der Waals surface area contributed by atoms with Crippen LogP contribution in [0.3, 0.4) is 0 Å². The van der Waals surface area contributed by atoms with Crippen molar-refractivity contribution in [2.75, 3.05) is 0 Å². The highest BCUT2D eigenvalue weighted by Gasteiger charge is 2.59. The lowest BCUT2D eigenvalue weighted by Gasteiger charge is -2.61. The summed E-state index contributed by atoms with van der Waals surface area (Å²) in [6.45, 7) is 7.13. The van der Waals surface area contributed by atoms with Gasteiger partial charge in [0.15, 0.2) is 0 Å². The molecule has 2 fully saturated rings. The van der Waals surface area contributed by atoms with E-state index in [1.165, 1.54) is 12.8 Å². The van der Waals surface area contributed by atoms with E-state index in [1.54, 1.807) is 0 Å². The molecular formula is C20H30O2. The van der Waals surface area contributed by atoms with E-state index in [4.69, 9.17) is 0 Å². The molecule has 0 aliphatic heterocycles. The van der Waals surface area contributed by atoms with Crippen LogP contribution in [0.25, 0.3) is 0 Å². The van der Waals surface area contributed by atoms with E-state index in [2.05, 4.69) is 39.0 Å². The van der Waals surface area contributed by atoms with Crippen molar-refractivity contribution in [3.63, 3.8) is 0 Å². The van der Waals surface area contributed by atoms with Crippen molar-refractivity contribution >= 4 is 0 Å². The predicted molar refractivity (Wildman–Crippen MR) is 88.1 cm³/mol. The zero-order chi connectivity index (χ0) is 15.7. The molecule has 0 saturated heterocycles. The molecule has 4 unspecified atom stereocenters. The zero-order valence-electron chi connectivity index (χ0n) is 14.1. The van der Waals surface area contributed by atoms with Crippen LogP contribution in [0.1, 0.15) is 46.5 Å². The van der Waals surface area contributed by atoms with Crippen LogP contribution in [0.15, 0.2) is 24.3 Å². The summed E-state index contributed by atoms with van der Waals surface area (Å²) in [6, 6.07) is 0. The van der Waals surface area contributed by atoms with Gasteiger partial charge < -0.3 is 10.2 Å². The molecule has 122 valence electrons. The molecule has 9 atom stereocenters. The second-order valence-electron chi connectivity index (χ2n) is 9.02. The lowest BCUT2D eigenvalue weighted by Crippen LogP contribution is -2.55. The van der Waals surface area contributed by atoms with E-state index >= 15 is 0 Å². The Morgan fingerprint density at radius 1 is 1.05 bits per heavy atom. The number of hydrogen-bond acceptors (Lipinski definition) is 2. The van der Waals surface area contributed by atoms with Crippen LogP contribution in [0.4, 0.5) is 0 Å². The van der Waals surface area contributed by atoms with E-state index in [0.717, 1.165) is 12.8 Å². The fourth-order valence-corrected chi connectivity index (χ4v) is 6.59. The lowest BCUT2D eigenvalue weighted by atomic mass is 9.44. The summed E-state index contributed by atoms with van der Waals surface area (Å²) >= 11 is 0. The summed E-state index contributed by atoms with van der Waals surface area (Å²) in [5, 5.41) is 20.5. The van der Waals surface area contributed by atoms with Gasteiger partial charge in [0.05, 0.1) is 12.2 Å². The van der Waals surface area contributed by atoms with Crippen LogP contribution < -0.4 is 0 Å². The van der Waals surface area contributed by atoms with Crippen molar-refractivity contribution in [1.29, 1.82) is 0 Å². The quantitative estimate of drug-likeness (QED) is 0.672. The SMILES string of the molecule is CC1CC2CC(O)C=C[C@]2(C)[C@@H]2CC[C@]3(C)C(O)C=C[C@H]3[C@H]12. The summed E-state index contributed by atoms with van der Waals surface area (Å²) in [7, 11) is 0. The van der Waals surface area contributed by atoms with E-state index in [1.807, 2.05) is 6.08 Å². The molecule has 2 saturated carbocycles. The molecule has 22 heavy (non-hydrogen) atoms. The van der Waals surface area contributed by atoms with Gasteiger partial charge in [-0.2, -0.15) is 0 Å². The first kappa shape index (κ1) is 15.0. The van der Waals surface area contributed by atoms with E-state index < -0.39 is 0 Å². The molecule has 4 aliphatic rings. The Kier molecular flexibility index (Phi) is 3.20. The Bertz CT molecular complexity index is 524. The number of aliphatic hydroxyl groups is 2. The second-order valence-corrected chi connectivity index (χ2v) is 9.02. The number of aliphatic hydroxyl groups excluding tert-OH is 2. The molecule has 0 radical (unpaired) electrons. The maximum absolute atomic E-state index is 10.5. The van der Waals surface area contributed by atoms with Crippen molar-refractivity contribution in [2.24, 2.45) is 40.4 Å². The van der Waals surface area contributed by atoms with Gasteiger partial charge in [0.2, 0.25) is 0 Å². The van der Waals surface area contributed by atoms with E-state index in [0.29, 0.717) is 29.6 Å². The maximum Gasteiger partial charge on any atom is 0.0780 e. The third-order valence-corrected chi connectivity index (χ3v) is 8.01. The van der Waals surface area contributed by atoms with Crippen molar-refractivity contribution in [3.05, 3.63) is 24.3 Å². The number of fused-ring (bicyclic) bond motifs is 5. The molecule has 0 amide bonds. The lowest BCUT2D eigenvalue weighted by molar-refractivity contribution is -0.114. The Morgan fingerprint density at radius 3 is 2.59 bits per heavy atom. The van der Waals surface area contributed by atoms with Crippen molar-refractivity contribution in [1.82, 2.24) is 0 Å². The molecular weight excluding hydrogens is 272 g/mol. The highest BCUT2D eigenvalue weighted by Crippen LogP contribution is 2.65. The van der Waals surface area contributed by atoms with E-state index in [-0.39, 0.29) is 23.0 Å². The van der Waals surface area contributed by atoms with Gasteiger partial charge in [-0.3, -0.25) is 0 Å². The molecule has 0 aromatic carbocycles. The monoisotopic (exact) mass is 302 g/mol. The molecule has 0 heterocycles. The Labute approximate surface area is 134 Å². The van der Waals surface area contributed by atoms with Gasteiger partial charge >= 0.3 is 0 Å². The van der Waals surface area contributed by atoms with Crippen LogP contribution in [0.2, 0.25) is 0 Å². The van der Waals surface area contributed by atoms with Gasteiger partial charge in [0, 0.05) is 5.41 Å². The third-order valence-electron chi connectivity index (χ3n) is 8.01. The fraction of sp³-hybridized carbons (Fsp3) is 0.800. The molecule has 2 heteroatoms. The minimum atomic E-state index is -0.264. The predicted octanol–water partition coefficient (Wildman–Crippen LogP) is 3.55. The fourth-order valence-electron chi connectivity index (χ4n) is 6.59. The standard InChI is InChI=1S/C20H30O2/c1-12-10-13-11-14(21)6-8-19(13,2)16-7-9-20(3)15(18(12)16)4-5-17(20)22/h4-6,8,12-18,21-22H,7,9-11H2,1-3H3/t12?,13?,14?,15-,16+,17?,18-,19-,20-/m0/s1. The largest absolute Gasteiger partial charge is 0.389 e. The molecule has 2 nitrogen and oxygen atoms in total. The highest BCUT2D eigenvalue weighted by molar-refractivity contribution is 5.23. The first-order valence-electron chi connectivity index (χ1n) is 9.10. The van der Waals surface area contributed by atoms with Crippen LogP contribution in [0.5, 0.6) is 0 Å². The number of rotatable bonds is 0. The van der Waals surface area contributed by atoms with Crippen molar-refractivity contribution < 1.29 is 10.2 Å². The third kappa shape index (κ3) is 1.80. The van der Waals surface area contributed by atoms with Gasteiger partial charge in [0.25, 0.3) is 0 Å². The van der Waals surface area contributed by atoms with Crippen LogP contribution in [-0.4, -0.2) is 22.4 Å². The maximum atomic E-state index is 10.5. The molecule has 2 N–H and O–H groups in total. The second kappa shape index (κ2) is 4.70. The number of allylic oxidation sites excluding steroid dienone is 2.